The van der Waals surface area contributed by atoms with Crippen LogP contribution in [-0.4, -0.2) is 23.2 Å². The number of aromatic carboxylic acids is 1. The van der Waals surface area contributed by atoms with Crippen LogP contribution in [0.3, 0.4) is 0 Å². The molecule has 0 aliphatic carbocycles. The standard InChI is InChI=1S/C14H10ClN3O3/c1-21-12-5-11(10(15)4-9(12)14(19)20)18-13-3-2-8(6-16)7-17-13/h2-5,7H,1H3,(H,17,18)(H,19,20). The van der Waals surface area contributed by atoms with Gasteiger partial charge in [-0.05, 0) is 18.2 Å². The summed E-state index contributed by atoms with van der Waals surface area (Å²) in [6.07, 6.45) is 1.42. The van der Waals surface area contributed by atoms with Crippen LogP contribution in [0, 0.1) is 11.3 Å². The molecule has 0 aliphatic rings. The maximum Gasteiger partial charge on any atom is 0.339 e. The summed E-state index contributed by atoms with van der Waals surface area (Å²) >= 11 is 6.05. The molecule has 0 saturated carbocycles. The maximum absolute atomic E-state index is 11.1. The molecule has 0 spiro atoms. The highest BCUT2D eigenvalue weighted by atomic mass is 35.5. The third kappa shape index (κ3) is 3.22. The summed E-state index contributed by atoms with van der Waals surface area (Å²) in [6.45, 7) is 0. The van der Waals surface area contributed by atoms with E-state index in [1.165, 1.54) is 25.4 Å². The van der Waals surface area contributed by atoms with Gasteiger partial charge >= 0.3 is 5.97 Å². The van der Waals surface area contributed by atoms with Crippen LogP contribution in [0.1, 0.15) is 15.9 Å². The fourth-order valence-electron chi connectivity index (χ4n) is 1.66. The zero-order chi connectivity index (χ0) is 15.4. The quantitative estimate of drug-likeness (QED) is 0.901. The summed E-state index contributed by atoms with van der Waals surface area (Å²) in [7, 11) is 1.37. The number of nitriles is 1. The van der Waals surface area contributed by atoms with Crippen molar-refractivity contribution in [1.82, 2.24) is 4.98 Å². The van der Waals surface area contributed by atoms with Crippen molar-refractivity contribution in [2.75, 3.05) is 12.4 Å². The number of pyridine rings is 1. The lowest BCUT2D eigenvalue weighted by atomic mass is 10.1. The minimum absolute atomic E-state index is 0.0270. The molecule has 21 heavy (non-hydrogen) atoms. The number of carboxylic acid groups (broad SMARTS) is 1. The second kappa shape index (κ2) is 6.11. The molecule has 2 N–H and O–H groups in total. The van der Waals surface area contributed by atoms with E-state index < -0.39 is 5.97 Å². The molecule has 0 unspecified atom stereocenters. The van der Waals surface area contributed by atoms with Crippen LogP contribution >= 0.6 is 11.6 Å². The Kier molecular flexibility index (Phi) is 4.26. The van der Waals surface area contributed by atoms with Crippen LogP contribution in [0.5, 0.6) is 5.75 Å². The van der Waals surface area contributed by atoms with E-state index in [2.05, 4.69) is 10.3 Å². The monoisotopic (exact) mass is 303 g/mol. The molecule has 0 aliphatic heterocycles. The van der Waals surface area contributed by atoms with Crippen LogP contribution in [0.4, 0.5) is 11.5 Å². The number of aromatic nitrogens is 1. The number of ether oxygens (including phenoxy) is 1. The fraction of sp³-hybridized carbons (Fsp3) is 0.0714. The SMILES string of the molecule is COc1cc(Nc2ccc(C#N)cn2)c(Cl)cc1C(=O)O. The van der Waals surface area contributed by atoms with Crippen LogP contribution in [0.15, 0.2) is 30.5 Å². The van der Waals surface area contributed by atoms with Crippen LogP contribution in [0.25, 0.3) is 0 Å². The van der Waals surface area contributed by atoms with Crippen LogP contribution < -0.4 is 10.1 Å². The van der Waals surface area contributed by atoms with Crippen molar-refractivity contribution in [1.29, 1.82) is 5.26 Å². The van der Waals surface area contributed by atoms with E-state index in [4.69, 9.17) is 26.7 Å². The molecule has 2 rings (SSSR count). The van der Waals surface area contributed by atoms with Crippen molar-refractivity contribution in [2.45, 2.75) is 0 Å². The fourth-order valence-corrected chi connectivity index (χ4v) is 1.87. The van der Waals surface area contributed by atoms with E-state index in [-0.39, 0.29) is 16.3 Å². The number of methoxy groups -OCH3 is 1. The minimum Gasteiger partial charge on any atom is -0.496 e. The van der Waals surface area contributed by atoms with Crippen molar-refractivity contribution in [3.63, 3.8) is 0 Å². The van der Waals surface area contributed by atoms with Gasteiger partial charge in [0, 0.05) is 12.3 Å². The van der Waals surface area contributed by atoms with Gasteiger partial charge in [-0.15, -0.1) is 0 Å². The average Bonchev–Trinajstić information content (AvgIpc) is 2.49. The van der Waals surface area contributed by atoms with E-state index in [1.54, 1.807) is 12.1 Å². The topological polar surface area (TPSA) is 95.2 Å². The highest BCUT2D eigenvalue weighted by Crippen LogP contribution is 2.32. The number of rotatable bonds is 4. The molecule has 0 bridgehead atoms. The average molecular weight is 304 g/mol. The molecule has 106 valence electrons. The van der Waals surface area contributed by atoms with Gasteiger partial charge in [0.2, 0.25) is 0 Å². The van der Waals surface area contributed by atoms with Crippen LogP contribution in [-0.2, 0) is 0 Å². The number of nitrogens with zero attached hydrogens (tertiary/aromatic N) is 2. The Morgan fingerprint density at radius 1 is 1.48 bits per heavy atom. The van der Waals surface area contributed by atoms with Gasteiger partial charge in [0.1, 0.15) is 23.2 Å². The molecule has 2 aromatic rings. The van der Waals surface area contributed by atoms with Gasteiger partial charge in [-0.3, -0.25) is 0 Å². The first kappa shape index (κ1) is 14.6. The number of halogens is 1. The second-order valence-corrected chi connectivity index (χ2v) is 4.41. The number of hydrogen-bond donors (Lipinski definition) is 2. The Morgan fingerprint density at radius 2 is 2.24 bits per heavy atom. The Labute approximate surface area is 125 Å². The number of anilines is 2. The number of benzene rings is 1. The summed E-state index contributed by atoms with van der Waals surface area (Å²) in [4.78, 5) is 15.1. The summed E-state index contributed by atoms with van der Waals surface area (Å²) in [6, 6.07) is 7.96. The van der Waals surface area contributed by atoms with Crippen LogP contribution in [0.2, 0.25) is 5.02 Å². The first-order valence-corrected chi connectivity index (χ1v) is 6.17. The lowest BCUT2D eigenvalue weighted by molar-refractivity contribution is 0.0693. The van der Waals surface area contributed by atoms with Gasteiger partial charge in [0.15, 0.2) is 0 Å². The largest absolute Gasteiger partial charge is 0.496 e. The summed E-state index contributed by atoms with van der Waals surface area (Å²) in [5.74, 6) is -0.471. The summed E-state index contributed by atoms with van der Waals surface area (Å²) < 4.78 is 5.03. The maximum atomic E-state index is 11.1. The molecular weight excluding hydrogens is 294 g/mol. The Hall–Kier alpha value is -2.78. The highest BCUT2D eigenvalue weighted by molar-refractivity contribution is 6.33. The number of carbonyl (C=O) groups is 1. The van der Waals surface area contributed by atoms with Crippen molar-refractivity contribution in [3.8, 4) is 11.8 Å². The molecule has 0 atom stereocenters. The molecule has 6 nitrogen and oxygen atoms in total. The molecule has 7 heteroatoms. The van der Waals surface area contributed by atoms with E-state index in [0.29, 0.717) is 17.1 Å². The third-order valence-electron chi connectivity index (χ3n) is 2.67. The van der Waals surface area contributed by atoms with Gasteiger partial charge in [0.25, 0.3) is 0 Å². The second-order valence-electron chi connectivity index (χ2n) is 4.01. The first-order chi connectivity index (χ1) is 10.0. The van der Waals surface area contributed by atoms with Gasteiger partial charge in [-0.2, -0.15) is 5.26 Å². The summed E-state index contributed by atoms with van der Waals surface area (Å²) in [5, 5.41) is 20.9. The van der Waals surface area contributed by atoms with Crippen molar-refractivity contribution >= 4 is 29.1 Å². The minimum atomic E-state index is -1.13. The van der Waals surface area contributed by atoms with Gasteiger partial charge in [-0.25, -0.2) is 9.78 Å². The highest BCUT2D eigenvalue weighted by Gasteiger charge is 2.15. The molecule has 0 radical (unpaired) electrons. The predicted molar refractivity (Wildman–Crippen MR) is 77.2 cm³/mol. The Bertz CT molecular complexity index is 723. The normalized spacial score (nSPS) is 9.76. The molecule has 0 saturated heterocycles. The zero-order valence-corrected chi connectivity index (χ0v) is 11.7. The number of hydrogen-bond acceptors (Lipinski definition) is 5. The lowest BCUT2D eigenvalue weighted by Crippen LogP contribution is -2.02. The van der Waals surface area contributed by atoms with Crippen molar-refractivity contribution in [3.05, 3.63) is 46.6 Å². The Morgan fingerprint density at radius 3 is 2.76 bits per heavy atom. The number of nitrogens with one attached hydrogen (secondary N) is 1. The predicted octanol–water partition coefficient (Wildman–Crippen LogP) is 3.06. The van der Waals surface area contributed by atoms with E-state index in [0.717, 1.165) is 0 Å². The molecule has 0 fully saturated rings. The lowest BCUT2D eigenvalue weighted by Gasteiger charge is -2.11. The van der Waals surface area contributed by atoms with Crippen molar-refractivity contribution < 1.29 is 14.6 Å². The molecular formula is C14H10ClN3O3. The summed E-state index contributed by atoms with van der Waals surface area (Å²) in [5.41, 5.74) is 0.863. The number of carboxylic acids is 1. The van der Waals surface area contributed by atoms with Gasteiger partial charge in [-0.1, -0.05) is 11.6 Å². The van der Waals surface area contributed by atoms with Gasteiger partial charge < -0.3 is 15.2 Å². The molecule has 1 aromatic heterocycles. The Balaban J connectivity index is 2.35. The molecule has 1 heterocycles. The first-order valence-electron chi connectivity index (χ1n) is 5.79. The zero-order valence-electron chi connectivity index (χ0n) is 10.9. The molecule has 0 amide bonds. The molecule has 1 aromatic carbocycles. The third-order valence-corrected chi connectivity index (χ3v) is 2.99. The van der Waals surface area contributed by atoms with Gasteiger partial charge in [0.05, 0.1) is 23.4 Å². The van der Waals surface area contributed by atoms with Crippen molar-refractivity contribution in [2.24, 2.45) is 0 Å². The van der Waals surface area contributed by atoms with E-state index in [9.17, 15) is 4.79 Å². The van der Waals surface area contributed by atoms with E-state index >= 15 is 0 Å². The van der Waals surface area contributed by atoms with E-state index in [1.807, 2.05) is 6.07 Å². The smallest absolute Gasteiger partial charge is 0.339 e.